The summed E-state index contributed by atoms with van der Waals surface area (Å²) >= 11 is 0. The van der Waals surface area contributed by atoms with Crippen molar-refractivity contribution < 1.29 is 4.74 Å². The first-order chi connectivity index (χ1) is 11.1. The summed E-state index contributed by atoms with van der Waals surface area (Å²) < 4.78 is 9.54. The zero-order valence-corrected chi connectivity index (χ0v) is 13.6. The lowest BCUT2D eigenvalue weighted by Gasteiger charge is -2.35. The van der Waals surface area contributed by atoms with E-state index in [2.05, 4.69) is 32.4 Å². The van der Waals surface area contributed by atoms with Gasteiger partial charge in [0.25, 0.3) is 0 Å². The van der Waals surface area contributed by atoms with E-state index in [0.717, 1.165) is 48.4 Å². The fraction of sp³-hybridized carbons (Fsp3) is 0.438. The van der Waals surface area contributed by atoms with Crippen LogP contribution in [0.1, 0.15) is 12.7 Å². The van der Waals surface area contributed by atoms with Crippen LogP contribution in [-0.2, 0) is 11.8 Å². The first-order valence-electron chi connectivity index (χ1n) is 7.83. The predicted molar refractivity (Wildman–Crippen MR) is 87.6 cm³/mol. The van der Waals surface area contributed by atoms with E-state index >= 15 is 0 Å². The topological polar surface area (TPSA) is 60.5 Å². The molecule has 0 spiro atoms. The predicted octanol–water partition coefficient (Wildman–Crippen LogP) is 1.66. The van der Waals surface area contributed by atoms with Crippen LogP contribution >= 0.6 is 0 Å². The Morgan fingerprint density at radius 3 is 2.96 bits per heavy atom. The number of nitrogens with zero attached hydrogens (tertiary/aromatic N) is 6. The standard InChI is InChI=1S/C16H20N6O/c1-11-10-23-7-6-21(11)16-8-13(14-4-5-18-20(14)3)19-15-9-17-12(2)22(15)16/h4-5,8-9,11H,6-7,10H2,1-3H3/t11-/m1/s1. The van der Waals surface area contributed by atoms with Gasteiger partial charge in [0.2, 0.25) is 0 Å². The quantitative estimate of drug-likeness (QED) is 0.720. The normalized spacial score (nSPS) is 18.7. The Morgan fingerprint density at radius 2 is 2.22 bits per heavy atom. The molecule has 1 saturated heterocycles. The lowest BCUT2D eigenvalue weighted by molar-refractivity contribution is 0.0984. The Bertz CT molecular complexity index is 851. The Morgan fingerprint density at radius 1 is 1.35 bits per heavy atom. The molecule has 0 bridgehead atoms. The number of anilines is 1. The van der Waals surface area contributed by atoms with Crippen molar-refractivity contribution in [1.29, 1.82) is 0 Å². The number of morpholine rings is 1. The van der Waals surface area contributed by atoms with Gasteiger partial charge in [0.15, 0.2) is 5.65 Å². The summed E-state index contributed by atoms with van der Waals surface area (Å²) in [6.45, 7) is 6.53. The molecule has 0 saturated carbocycles. The van der Waals surface area contributed by atoms with Gasteiger partial charge in [-0.25, -0.2) is 9.97 Å². The van der Waals surface area contributed by atoms with Gasteiger partial charge in [-0.15, -0.1) is 0 Å². The molecule has 4 heterocycles. The molecule has 120 valence electrons. The largest absolute Gasteiger partial charge is 0.377 e. The molecule has 1 fully saturated rings. The summed E-state index contributed by atoms with van der Waals surface area (Å²) in [5, 5.41) is 4.26. The molecule has 1 atom stereocenters. The number of aryl methyl sites for hydroxylation is 2. The maximum atomic E-state index is 5.58. The van der Waals surface area contributed by atoms with E-state index in [0.29, 0.717) is 6.04 Å². The van der Waals surface area contributed by atoms with Crippen molar-refractivity contribution in [3.63, 3.8) is 0 Å². The molecule has 0 unspecified atom stereocenters. The van der Waals surface area contributed by atoms with Crippen molar-refractivity contribution in [3.8, 4) is 11.4 Å². The summed E-state index contributed by atoms with van der Waals surface area (Å²) in [6, 6.07) is 4.42. The van der Waals surface area contributed by atoms with E-state index in [4.69, 9.17) is 9.72 Å². The van der Waals surface area contributed by atoms with Crippen LogP contribution in [0.4, 0.5) is 5.82 Å². The van der Waals surface area contributed by atoms with E-state index in [1.165, 1.54) is 0 Å². The Kier molecular flexibility index (Phi) is 3.30. The molecule has 0 aromatic carbocycles. The first kappa shape index (κ1) is 14.2. The van der Waals surface area contributed by atoms with E-state index in [1.807, 2.05) is 30.9 Å². The minimum Gasteiger partial charge on any atom is -0.377 e. The Hall–Kier alpha value is -2.41. The number of hydrogen-bond donors (Lipinski definition) is 0. The Balaban J connectivity index is 1.93. The van der Waals surface area contributed by atoms with Crippen LogP contribution in [0.3, 0.4) is 0 Å². The molecule has 23 heavy (non-hydrogen) atoms. The molecule has 0 N–H and O–H groups in total. The van der Waals surface area contributed by atoms with Gasteiger partial charge in [-0.05, 0) is 19.9 Å². The van der Waals surface area contributed by atoms with Crippen LogP contribution in [0.5, 0.6) is 0 Å². The lowest BCUT2D eigenvalue weighted by Crippen LogP contribution is -2.44. The molecule has 7 nitrogen and oxygen atoms in total. The van der Waals surface area contributed by atoms with Crippen LogP contribution in [0.2, 0.25) is 0 Å². The monoisotopic (exact) mass is 312 g/mol. The summed E-state index contributed by atoms with van der Waals surface area (Å²) in [6.07, 6.45) is 3.61. The number of rotatable bonds is 2. The second-order valence-electron chi connectivity index (χ2n) is 5.96. The fourth-order valence-electron chi connectivity index (χ4n) is 3.17. The second-order valence-corrected chi connectivity index (χ2v) is 5.96. The number of aromatic nitrogens is 5. The number of ether oxygens (including phenoxy) is 1. The average Bonchev–Trinajstić information content (AvgIpc) is 3.13. The smallest absolute Gasteiger partial charge is 0.158 e. The van der Waals surface area contributed by atoms with Gasteiger partial charge < -0.3 is 9.64 Å². The highest BCUT2D eigenvalue weighted by atomic mass is 16.5. The van der Waals surface area contributed by atoms with Crippen molar-refractivity contribution >= 4 is 11.5 Å². The summed E-state index contributed by atoms with van der Waals surface area (Å²) in [4.78, 5) is 11.6. The zero-order chi connectivity index (χ0) is 16.0. The van der Waals surface area contributed by atoms with Crippen LogP contribution in [0.15, 0.2) is 24.5 Å². The number of hydrogen-bond acceptors (Lipinski definition) is 5. The molecule has 7 heteroatoms. The minimum atomic E-state index is 0.315. The van der Waals surface area contributed by atoms with Crippen LogP contribution in [0.25, 0.3) is 17.0 Å². The summed E-state index contributed by atoms with van der Waals surface area (Å²) in [7, 11) is 1.93. The van der Waals surface area contributed by atoms with Gasteiger partial charge in [0.05, 0.1) is 36.8 Å². The second kappa shape index (κ2) is 5.34. The highest BCUT2D eigenvalue weighted by molar-refractivity contribution is 5.65. The van der Waals surface area contributed by atoms with Gasteiger partial charge in [-0.2, -0.15) is 5.10 Å². The zero-order valence-electron chi connectivity index (χ0n) is 13.6. The maximum Gasteiger partial charge on any atom is 0.158 e. The number of imidazole rings is 1. The van der Waals surface area contributed by atoms with Crippen LogP contribution in [0, 0.1) is 6.92 Å². The third-order valence-corrected chi connectivity index (χ3v) is 4.39. The molecule has 0 amide bonds. The van der Waals surface area contributed by atoms with Crippen molar-refractivity contribution in [2.24, 2.45) is 7.05 Å². The van der Waals surface area contributed by atoms with E-state index in [-0.39, 0.29) is 0 Å². The third-order valence-electron chi connectivity index (χ3n) is 4.39. The maximum absolute atomic E-state index is 5.58. The molecule has 1 aliphatic rings. The molecule has 3 aromatic rings. The van der Waals surface area contributed by atoms with Crippen molar-refractivity contribution in [2.45, 2.75) is 19.9 Å². The van der Waals surface area contributed by atoms with E-state index in [1.54, 1.807) is 6.20 Å². The highest BCUT2D eigenvalue weighted by Crippen LogP contribution is 2.27. The number of fused-ring (bicyclic) bond motifs is 1. The average molecular weight is 312 g/mol. The first-order valence-corrected chi connectivity index (χ1v) is 7.83. The lowest BCUT2D eigenvalue weighted by atomic mass is 10.2. The molecule has 1 aliphatic heterocycles. The minimum absolute atomic E-state index is 0.315. The van der Waals surface area contributed by atoms with Gasteiger partial charge in [0.1, 0.15) is 11.6 Å². The van der Waals surface area contributed by atoms with Gasteiger partial charge in [-0.3, -0.25) is 9.08 Å². The Labute approximate surface area is 134 Å². The van der Waals surface area contributed by atoms with Gasteiger partial charge in [0, 0.05) is 25.9 Å². The van der Waals surface area contributed by atoms with Gasteiger partial charge >= 0.3 is 0 Å². The molecule has 4 rings (SSSR count). The highest BCUT2D eigenvalue weighted by Gasteiger charge is 2.23. The third kappa shape index (κ3) is 2.28. The van der Waals surface area contributed by atoms with Gasteiger partial charge in [-0.1, -0.05) is 0 Å². The van der Waals surface area contributed by atoms with E-state index < -0.39 is 0 Å². The van der Waals surface area contributed by atoms with Crippen molar-refractivity contribution in [2.75, 3.05) is 24.7 Å². The molecular formula is C16H20N6O. The molecular weight excluding hydrogens is 292 g/mol. The van der Waals surface area contributed by atoms with Crippen LogP contribution < -0.4 is 4.90 Å². The fourth-order valence-corrected chi connectivity index (χ4v) is 3.17. The van der Waals surface area contributed by atoms with E-state index in [9.17, 15) is 0 Å². The van der Waals surface area contributed by atoms with Crippen molar-refractivity contribution in [1.82, 2.24) is 24.1 Å². The molecule has 3 aromatic heterocycles. The molecule has 0 radical (unpaired) electrons. The summed E-state index contributed by atoms with van der Waals surface area (Å²) in [5.41, 5.74) is 2.76. The molecule has 0 aliphatic carbocycles. The summed E-state index contributed by atoms with van der Waals surface area (Å²) in [5.74, 6) is 2.05. The van der Waals surface area contributed by atoms with Crippen LogP contribution in [-0.4, -0.2) is 49.9 Å². The SMILES string of the molecule is Cc1ncc2nc(-c3ccnn3C)cc(N3CCOC[C@H]3C)n12. The van der Waals surface area contributed by atoms with Crippen molar-refractivity contribution in [3.05, 3.63) is 30.4 Å².